The molecule has 0 aliphatic rings. The molecule has 0 saturated heterocycles. The summed E-state index contributed by atoms with van der Waals surface area (Å²) in [4.78, 5) is 16.5. The van der Waals surface area contributed by atoms with Crippen molar-refractivity contribution in [1.82, 2.24) is 9.36 Å². The van der Waals surface area contributed by atoms with E-state index in [0.717, 1.165) is 15.6 Å². The third-order valence-electron chi connectivity index (χ3n) is 3.14. The van der Waals surface area contributed by atoms with Gasteiger partial charge in [0.25, 0.3) is 0 Å². The Kier molecular flexibility index (Phi) is 5.50. The summed E-state index contributed by atoms with van der Waals surface area (Å²) in [6.07, 6.45) is 0. The normalized spacial score (nSPS) is 10.6. The number of thioether (sulfide) groups is 1. The van der Waals surface area contributed by atoms with E-state index in [4.69, 9.17) is 11.6 Å². The molecule has 0 spiro atoms. The molecule has 1 amide bonds. The second kappa shape index (κ2) is 7.79. The number of aryl methyl sites for hydroxylation is 1. The molecule has 1 aromatic heterocycles. The lowest BCUT2D eigenvalue weighted by Crippen LogP contribution is -2.13. The standard InChI is InChI=1S/C17H14ClN3OS2/c1-11-3-2-4-12(9-11)16-20-17(24-21-16)23-10-15(22)19-14-7-5-13(18)6-8-14/h2-9H,10H2,1H3,(H,19,22). The number of rotatable bonds is 5. The van der Waals surface area contributed by atoms with Gasteiger partial charge in [-0.05, 0) is 48.8 Å². The van der Waals surface area contributed by atoms with E-state index in [1.54, 1.807) is 24.3 Å². The van der Waals surface area contributed by atoms with E-state index >= 15 is 0 Å². The van der Waals surface area contributed by atoms with E-state index in [-0.39, 0.29) is 11.7 Å². The Morgan fingerprint density at radius 3 is 2.79 bits per heavy atom. The van der Waals surface area contributed by atoms with Gasteiger partial charge in [0.2, 0.25) is 5.91 Å². The van der Waals surface area contributed by atoms with Crippen molar-refractivity contribution in [1.29, 1.82) is 0 Å². The van der Waals surface area contributed by atoms with E-state index in [2.05, 4.69) is 14.7 Å². The Morgan fingerprint density at radius 2 is 2.04 bits per heavy atom. The molecule has 1 heterocycles. The van der Waals surface area contributed by atoms with Crippen LogP contribution in [0.25, 0.3) is 11.4 Å². The fourth-order valence-corrected chi connectivity index (χ4v) is 3.57. The molecule has 3 aromatic rings. The minimum absolute atomic E-state index is 0.0883. The van der Waals surface area contributed by atoms with Crippen LogP contribution in [0, 0.1) is 6.92 Å². The first-order valence-electron chi connectivity index (χ1n) is 7.19. The number of hydrogen-bond acceptors (Lipinski definition) is 5. The Balaban J connectivity index is 1.57. The maximum Gasteiger partial charge on any atom is 0.234 e. The summed E-state index contributed by atoms with van der Waals surface area (Å²) in [7, 11) is 0. The number of benzene rings is 2. The number of carbonyl (C=O) groups is 1. The topological polar surface area (TPSA) is 54.9 Å². The summed E-state index contributed by atoms with van der Waals surface area (Å²) < 4.78 is 5.14. The van der Waals surface area contributed by atoms with Gasteiger partial charge in [-0.15, -0.1) is 0 Å². The van der Waals surface area contributed by atoms with Crippen LogP contribution in [-0.2, 0) is 4.79 Å². The van der Waals surface area contributed by atoms with Gasteiger partial charge >= 0.3 is 0 Å². The van der Waals surface area contributed by atoms with E-state index in [9.17, 15) is 4.79 Å². The number of hydrogen-bond donors (Lipinski definition) is 1. The van der Waals surface area contributed by atoms with Gasteiger partial charge in [-0.1, -0.05) is 47.1 Å². The summed E-state index contributed by atoms with van der Waals surface area (Å²) in [5.41, 5.74) is 2.88. The van der Waals surface area contributed by atoms with Crippen LogP contribution in [0.5, 0.6) is 0 Å². The second-order valence-electron chi connectivity index (χ2n) is 5.10. The lowest BCUT2D eigenvalue weighted by Gasteiger charge is -2.03. The van der Waals surface area contributed by atoms with Crippen LogP contribution in [0.2, 0.25) is 5.02 Å². The molecule has 0 atom stereocenters. The van der Waals surface area contributed by atoms with Crippen LogP contribution in [0.15, 0.2) is 52.9 Å². The van der Waals surface area contributed by atoms with Crippen molar-refractivity contribution < 1.29 is 4.79 Å². The number of halogens is 1. The molecule has 4 nitrogen and oxygen atoms in total. The molecule has 0 aliphatic heterocycles. The summed E-state index contributed by atoms with van der Waals surface area (Å²) in [5.74, 6) is 0.893. The molecule has 0 unspecified atom stereocenters. The molecule has 2 aromatic carbocycles. The smallest absolute Gasteiger partial charge is 0.234 e. The zero-order valence-corrected chi connectivity index (χ0v) is 15.2. The van der Waals surface area contributed by atoms with Crippen LogP contribution in [0.1, 0.15) is 5.56 Å². The number of nitrogens with one attached hydrogen (secondary N) is 1. The van der Waals surface area contributed by atoms with Gasteiger partial charge in [-0.2, -0.15) is 4.37 Å². The van der Waals surface area contributed by atoms with Crippen LogP contribution in [-0.4, -0.2) is 21.0 Å². The van der Waals surface area contributed by atoms with Crippen molar-refractivity contribution in [3.05, 3.63) is 59.1 Å². The van der Waals surface area contributed by atoms with Crippen molar-refractivity contribution in [2.75, 3.05) is 11.1 Å². The quantitative estimate of drug-likeness (QED) is 0.644. The Morgan fingerprint density at radius 1 is 1.25 bits per heavy atom. The molecule has 3 rings (SSSR count). The van der Waals surface area contributed by atoms with E-state index in [1.807, 2.05) is 31.2 Å². The largest absolute Gasteiger partial charge is 0.325 e. The van der Waals surface area contributed by atoms with Crippen molar-refractivity contribution in [2.24, 2.45) is 0 Å². The van der Waals surface area contributed by atoms with Gasteiger partial charge in [0.05, 0.1) is 5.75 Å². The van der Waals surface area contributed by atoms with Crippen LogP contribution in [0.3, 0.4) is 0 Å². The molecule has 0 aliphatic carbocycles. The molecular weight excluding hydrogens is 362 g/mol. The first-order chi connectivity index (χ1) is 11.6. The fourth-order valence-electron chi connectivity index (χ4n) is 2.03. The van der Waals surface area contributed by atoms with Gasteiger partial charge in [0.1, 0.15) is 0 Å². The number of nitrogens with zero attached hydrogens (tertiary/aromatic N) is 2. The first kappa shape index (κ1) is 17.0. The molecule has 122 valence electrons. The molecule has 7 heteroatoms. The molecule has 0 radical (unpaired) electrons. The molecular formula is C17H14ClN3OS2. The average Bonchev–Trinajstić information content (AvgIpc) is 3.04. The molecule has 24 heavy (non-hydrogen) atoms. The summed E-state index contributed by atoms with van der Waals surface area (Å²) >= 11 is 8.50. The van der Waals surface area contributed by atoms with Crippen LogP contribution < -0.4 is 5.32 Å². The minimum atomic E-state index is -0.0883. The van der Waals surface area contributed by atoms with Crippen molar-refractivity contribution >= 4 is 46.5 Å². The highest BCUT2D eigenvalue weighted by atomic mass is 35.5. The number of carbonyl (C=O) groups excluding carboxylic acids is 1. The van der Waals surface area contributed by atoms with Gasteiger partial charge in [-0.25, -0.2) is 4.98 Å². The Labute approximate surface area is 153 Å². The van der Waals surface area contributed by atoms with Crippen LogP contribution >= 0.6 is 34.9 Å². The average molecular weight is 376 g/mol. The highest BCUT2D eigenvalue weighted by molar-refractivity contribution is 8.01. The second-order valence-corrected chi connectivity index (χ2v) is 7.51. The lowest BCUT2D eigenvalue weighted by molar-refractivity contribution is -0.113. The Hall–Kier alpha value is -1.89. The van der Waals surface area contributed by atoms with Crippen molar-refractivity contribution in [2.45, 2.75) is 11.3 Å². The third-order valence-corrected chi connectivity index (χ3v) is 5.22. The predicted molar refractivity (Wildman–Crippen MR) is 101 cm³/mol. The number of anilines is 1. The third kappa shape index (κ3) is 4.56. The molecule has 1 N–H and O–H groups in total. The predicted octanol–water partition coefficient (Wildman–Crippen LogP) is 4.90. The van der Waals surface area contributed by atoms with Gasteiger partial charge in [0, 0.05) is 16.3 Å². The molecule has 0 bridgehead atoms. The Bertz CT molecular complexity index is 849. The van der Waals surface area contributed by atoms with Gasteiger partial charge < -0.3 is 5.32 Å². The number of amides is 1. The summed E-state index contributed by atoms with van der Waals surface area (Å²) in [5, 5.41) is 3.46. The monoisotopic (exact) mass is 375 g/mol. The van der Waals surface area contributed by atoms with Gasteiger partial charge in [0.15, 0.2) is 10.2 Å². The number of aromatic nitrogens is 2. The van der Waals surface area contributed by atoms with Gasteiger partial charge in [-0.3, -0.25) is 4.79 Å². The van der Waals surface area contributed by atoms with Crippen molar-refractivity contribution in [3.63, 3.8) is 0 Å². The van der Waals surface area contributed by atoms with Crippen molar-refractivity contribution in [3.8, 4) is 11.4 Å². The summed E-state index contributed by atoms with van der Waals surface area (Å²) in [6.45, 7) is 2.03. The molecule has 0 fully saturated rings. The highest BCUT2D eigenvalue weighted by Crippen LogP contribution is 2.25. The fraction of sp³-hybridized carbons (Fsp3) is 0.118. The lowest BCUT2D eigenvalue weighted by atomic mass is 10.1. The summed E-state index contributed by atoms with van der Waals surface area (Å²) in [6, 6.07) is 15.1. The maximum absolute atomic E-state index is 12.0. The SMILES string of the molecule is Cc1cccc(-c2nsc(SCC(=O)Nc3ccc(Cl)cc3)n2)c1. The zero-order chi connectivity index (χ0) is 16.9. The zero-order valence-electron chi connectivity index (χ0n) is 12.8. The van der Waals surface area contributed by atoms with E-state index in [0.29, 0.717) is 10.8 Å². The van der Waals surface area contributed by atoms with E-state index in [1.165, 1.54) is 28.9 Å². The minimum Gasteiger partial charge on any atom is -0.325 e. The molecule has 0 saturated carbocycles. The highest BCUT2D eigenvalue weighted by Gasteiger charge is 2.10. The van der Waals surface area contributed by atoms with Crippen LogP contribution in [0.4, 0.5) is 5.69 Å². The maximum atomic E-state index is 12.0. The van der Waals surface area contributed by atoms with E-state index < -0.39 is 0 Å². The first-order valence-corrected chi connectivity index (χ1v) is 9.33.